The first-order chi connectivity index (χ1) is 10.1. The first-order valence-electron chi connectivity index (χ1n) is 6.74. The zero-order valence-corrected chi connectivity index (χ0v) is 12.6. The molecule has 1 heterocycles. The fourth-order valence-electron chi connectivity index (χ4n) is 2.27. The molecule has 1 fully saturated rings. The normalized spacial score (nSPS) is 20.5. The van der Waals surface area contributed by atoms with Crippen molar-refractivity contribution >= 4 is 18.3 Å². The summed E-state index contributed by atoms with van der Waals surface area (Å²) in [5.74, 6) is -0.314. The van der Waals surface area contributed by atoms with E-state index in [4.69, 9.17) is 0 Å². The van der Waals surface area contributed by atoms with Crippen molar-refractivity contribution in [2.45, 2.75) is 19.1 Å². The number of ether oxygens (including phenoxy) is 1. The molecular formula is C14H19ClF2N2O3. The minimum Gasteiger partial charge on any atom is -0.435 e. The number of halogens is 3. The number of benzene rings is 1. The van der Waals surface area contributed by atoms with Crippen LogP contribution in [0, 0.1) is 5.92 Å². The van der Waals surface area contributed by atoms with E-state index in [0.717, 1.165) is 0 Å². The van der Waals surface area contributed by atoms with Gasteiger partial charge in [0.1, 0.15) is 5.75 Å². The van der Waals surface area contributed by atoms with Crippen molar-refractivity contribution < 1.29 is 23.4 Å². The standard InChI is InChI=1S/C14H18F2N2O3.ClH/c15-14(16)21-12-4-2-1-3-9(12)5-13(20)18-7-10-6-17-8-11(10)19;/h1-4,10-11,14,17,19H,5-8H2,(H,18,20);1H. The maximum absolute atomic E-state index is 12.3. The molecule has 0 saturated carbocycles. The smallest absolute Gasteiger partial charge is 0.387 e. The van der Waals surface area contributed by atoms with Crippen molar-refractivity contribution in [2.75, 3.05) is 19.6 Å². The molecular weight excluding hydrogens is 318 g/mol. The fraction of sp³-hybridized carbons (Fsp3) is 0.500. The Morgan fingerprint density at radius 1 is 1.41 bits per heavy atom. The summed E-state index contributed by atoms with van der Waals surface area (Å²) in [5, 5.41) is 15.3. The summed E-state index contributed by atoms with van der Waals surface area (Å²) in [6.45, 7) is -1.41. The zero-order chi connectivity index (χ0) is 15.2. The lowest BCUT2D eigenvalue weighted by atomic mass is 10.1. The first kappa shape index (κ1) is 18.6. The second kappa shape index (κ2) is 8.87. The Morgan fingerprint density at radius 3 is 2.77 bits per heavy atom. The number of alkyl halides is 2. The van der Waals surface area contributed by atoms with Crippen LogP contribution in [0.15, 0.2) is 24.3 Å². The van der Waals surface area contributed by atoms with Crippen molar-refractivity contribution in [1.82, 2.24) is 10.6 Å². The number of carbonyl (C=O) groups is 1. The number of hydrogen-bond donors (Lipinski definition) is 3. The van der Waals surface area contributed by atoms with Crippen molar-refractivity contribution in [2.24, 2.45) is 5.92 Å². The van der Waals surface area contributed by atoms with Gasteiger partial charge in [-0.05, 0) is 6.07 Å². The van der Waals surface area contributed by atoms with Crippen molar-refractivity contribution in [3.05, 3.63) is 29.8 Å². The summed E-state index contributed by atoms with van der Waals surface area (Å²) >= 11 is 0. The van der Waals surface area contributed by atoms with Gasteiger partial charge in [-0.1, -0.05) is 18.2 Å². The van der Waals surface area contributed by atoms with Crippen LogP contribution in [0.2, 0.25) is 0 Å². The summed E-state index contributed by atoms with van der Waals surface area (Å²) in [6.07, 6.45) is -0.515. The molecule has 1 amide bonds. The molecule has 124 valence electrons. The van der Waals surface area contributed by atoms with Gasteiger partial charge >= 0.3 is 6.61 Å². The molecule has 1 aromatic carbocycles. The number of amides is 1. The van der Waals surface area contributed by atoms with Gasteiger partial charge in [0.05, 0.1) is 12.5 Å². The maximum Gasteiger partial charge on any atom is 0.387 e. The highest BCUT2D eigenvalue weighted by atomic mass is 35.5. The lowest BCUT2D eigenvalue weighted by Gasteiger charge is -2.15. The van der Waals surface area contributed by atoms with Crippen LogP contribution in [0.1, 0.15) is 5.56 Å². The molecule has 2 atom stereocenters. The number of para-hydroxylation sites is 1. The van der Waals surface area contributed by atoms with Crippen LogP contribution in [-0.2, 0) is 11.2 Å². The van der Waals surface area contributed by atoms with Crippen LogP contribution in [0.5, 0.6) is 5.75 Å². The molecule has 3 N–H and O–H groups in total. The molecule has 1 aliphatic heterocycles. The summed E-state index contributed by atoms with van der Waals surface area (Å²) in [5.41, 5.74) is 0.403. The van der Waals surface area contributed by atoms with E-state index in [0.29, 0.717) is 25.2 Å². The highest BCUT2D eigenvalue weighted by Crippen LogP contribution is 2.20. The van der Waals surface area contributed by atoms with Crippen LogP contribution < -0.4 is 15.4 Å². The topological polar surface area (TPSA) is 70.6 Å². The average molecular weight is 337 g/mol. The third-order valence-electron chi connectivity index (χ3n) is 3.41. The molecule has 22 heavy (non-hydrogen) atoms. The van der Waals surface area contributed by atoms with E-state index < -0.39 is 12.7 Å². The average Bonchev–Trinajstić information content (AvgIpc) is 2.84. The second-order valence-corrected chi connectivity index (χ2v) is 4.95. The van der Waals surface area contributed by atoms with Gasteiger partial charge in [0.15, 0.2) is 0 Å². The third-order valence-corrected chi connectivity index (χ3v) is 3.41. The number of β-amino-alcohol motifs (C(OH)–C–C–N with tert-alkyl or cyclic N) is 1. The van der Waals surface area contributed by atoms with Gasteiger partial charge in [-0.15, -0.1) is 12.4 Å². The van der Waals surface area contributed by atoms with E-state index in [2.05, 4.69) is 15.4 Å². The summed E-state index contributed by atoms with van der Waals surface area (Å²) < 4.78 is 28.9. The minimum atomic E-state index is -2.92. The molecule has 0 bridgehead atoms. The molecule has 8 heteroatoms. The van der Waals surface area contributed by atoms with Gasteiger partial charge in [-0.3, -0.25) is 4.79 Å². The Labute approximate surface area is 133 Å². The van der Waals surface area contributed by atoms with Crippen LogP contribution >= 0.6 is 12.4 Å². The molecule has 5 nitrogen and oxygen atoms in total. The lowest BCUT2D eigenvalue weighted by Crippen LogP contribution is -2.35. The molecule has 2 rings (SSSR count). The van der Waals surface area contributed by atoms with Gasteiger partial charge < -0.3 is 20.5 Å². The number of aliphatic hydroxyl groups excluding tert-OH is 1. The zero-order valence-electron chi connectivity index (χ0n) is 11.8. The molecule has 1 saturated heterocycles. The first-order valence-corrected chi connectivity index (χ1v) is 6.74. The third kappa shape index (κ3) is 5.40. The quantitative estimate of drug-likeness (QED) is 0.723. The highest BCUT2D eigenvalue weighted by molar-refractivity contribution is 5.85. The van der Waals surface area contributed by atoms with Crippen molar-refractivity contribution in [1.29, 1.82) is 0 Å². The van der Waals surface area contributed by atoms with Gasteiger partial charge in [0.25, 0.3) is 0 Å². The molecule has 2 unspecified atom stereocenters. The number of hydrogen-bond acceptors (Lipinski definition) is 4. The van der Waals surface area contributed by atoms with Crippen LogP contribution in [0.4, 0.5) is 8.78 Å². The van der Waals surface area contributed by atoms with E-state index >= 15 is 0 Å². The predicted molar refractivity (Wildman–Crippen MR) is 79.4 cm³/mol. The van der Waals surface area contributed by atoms with Crippen LogP contribution in [0.3, 0.4) is 0 Å². The number of carbonyl (C=O) groups excluding carboxylic acids is 1. The number of nitrogens with one attached hydrogen (secondary N) is 2. The van der Waals surface area contributed by atoms with Gasteiger partial charge in [-0.25, -0.2) is 0 Å². The summed E-state index contributed by atoms with van der Waals surface area (Å²) in [4.78, 5) is 11.9. The molecule has 0 aliphatic carbocycles. The molecule has 1 aromatic rings. The fourth-order valence-corrected chi connectivity index (χ4v) is 2.27. The SMILES string of the molecule is Cl.O=C(Cc1ccccc1OC(F)F)NCC1CNCC1O. The van der Waals surface area contributed by atoms with Gasteiger partial charge in [0, 0.05) is 31.1 Å². The molecule has 1 aliphatic rings. The second-order valence-electron chi connectivity index (χ2n) is 4.95. The Kier molecular flexibility index (Phi) is 7.50. The summed E-state index contributed by atoms with van der Waals surface area (Å²) in [7, 11) is 0. The Balaban J connectivity index is 0.00000242. The largest absolute Gasteiger partial charge is 0.435 e. The van der Waals surface area contributed by atoms with Gasteiger partial charge in [0.2, 0.25) is 5.91 Å². The Bertz CT molecular complexity index is 491. The number of aliphatic hydroxyl groups is 1. The Hall–Kier alpha value is -1.44. The molecule has 0 aromatic heterocycles. The van der Waals surface area contributed by atoms with Gasteiger partial charge in [-0.2, -0.15) is 8.78 Å². The van der Waals surface area contributed by atoms with Crippen molar-refractivity contribution in [3.63, 3.8) is 0 Å². The van der Waals surface area contributed by atoms with E-state index in [9.17, 15) is 18.7 Å². The lowest BCUT2D eigenvalue weighted by molar-refractivity contribution is -0.120. The van der Waals surface area contributed by atoms with E-state index in [-0.39, 0.29) is 36.4 Å². The minimum absolute atomic E-state index is 0. The predicted octanol–water partition coefficient (Wildman–Crippen LogP) is 0.949. The molecule has 0 radical (unpaired) electrons. The Morgan fingerprint density at radius 2 is 2.14 bits per heavy atom. The van der Waals surface area contributed by atoms with Crippen LogP contribution in [0.25, 0.3) is 0 Å². The van der Waals surface area contributed by atoms with Crippen molar-refractivity contribution in [3.8, 4) is 5.75 Å². The number of rotatable bonds is 6. The highest BCUT2D eigenvalue weighted by Gasteiger charge is 2.25. The maximum atomic E-state index is 12.3. The monoisotopic (exact) mass is 336 g/mol. The van der Waals surface area contributed by atoms with E-state index in [1.54, 1.807) is 18.2 Å². The summed E-state index contributed by atoms with van der Waals surface area (Å²) in [6, 6.07) is 6.20. The van der Waals surface area contributed by atoms with E-state index in [1.165, 1.54) is 6.07 Å². The molecule has 0 spiro atoms. The van der Waals surface area contributed by atoms with E-state index in [1.807, 2.05) is 0 Å². The van der Waals surface area contributed by atoms with Crippen LogP contribution in [-0.4, -0.2) is 43.4 Å².